The lowest BCUT2D eigenvalue weighted by molar-refractivity contribution is -0.142. The first-order valence-electron chi connectivity index (χ1n) is 10.3. The van der Waals surface area contributed by atoms with Crippen molar-refractivity contribution in [2.45, 2.75) is 34.6 Å². The average molecular weight is 424 g/mol. The van der Waals surface area contributed by atoms with Gasteiger partial charge in [-0.25, -0.2) is 0 Å². The summed E-state index contributed by atoms with van der Waals surface area (Å²) in [5.74, 6) is -0.516. The van der Waals surface area contributed by atoms with Gasteiger partial charge in [0.2, 0.25) is 5.91 Å². The molecular weight excluding hydrogens is 396 g/mol. The molecule has 0 atom stereocenters. The van der Waals surface area contributed by atoms with Crippen LogP contribution in [0.5, 0.6) is 5.75 Å². The molecule has 2 aromatic carbocycles. The maximum Gasteiger partial charge on any atom is 0.326 e. The van der Waals surface area contributed by atoms with Gasteiger partial charge in [-0.2, -0.15) is 0 Å². The van der Waals surface area contributed by atoms with Gasteiger partial charge in [-0.3, -0.25) is 24.2 Å². The standard InChI is InChI=1S/C24H28N2O5/c1-6-30-24(29)13-26-20-11-18(5)17(4)10-19(20)25(12-22(26)27)23(28)14-31-21-9-15(2)7-8-16(21)3/h7-11H,6,12-14H2,1-5H3. The number of amides is 2. The normalized spacial score (nSPS) is 13.1. The maximum absolute atomic E-state index is 13.0. The molecule has 3 rings (SSSR count). The Labute approximate surface area is 182 Å². The fraction of sp³-hybridized carbons (Fsp3) is 0.375. The van der Waals surface area contributed by atoms with Crippen molar-refractivity contribution in [1.29, 1.82) is 0 Å². The SMILES string of the molecule is CCOC(=O)CN1C(=O)CN(C(=O)COc2cc(C)ccc2C)c2cc(C)c(C)cc21. The molecular formula is C24H28N2O5. The van der Waals surface area contributed by atoms with Crippen LogP contribution in [0.4, 0.5) is 11.4 Å². The summed E-state index contributed by atoms with van der Waals surface area (Å²) < 4.78 is 10.8. The lowest BCUT2D eigenvalue weighted by Gasteiger charge is -2.36. The largest absolute Gasteiger partial charge is 0.483 e. The third kappa shape index (κ3) is 4.87. The van der Waals surface area contributed by atoms with Gasteiger partial charge in [-0.15, -0.1) is 0 Å². The summed E-state index contributed by atoms with van der Waals surface area (Å²) in [7, 11) is 0. The molecule has 1 heterocycles. The number of nitrogens with zero attached hydrogens (tertiary/aromatic N) is 2. The first-order valence-corrected chi connectivity index (χ1v) is 10.3. The smallest absolute Gasteiger partial charge is 0.326 e. The van der Waals surface area contributed by atoms with E-state index in [1.807, 2.05) is 58.0 Å². The first-order chi connectivity index (χ1) is 14.7. The summed E-state index contributed by atoms with van der Waals surface area (Å²) in [6.07, 6.45) is 0. The number of hydrogen-bond acceptors (Lipinski definition) is 5. The van der Waals surface area contributed by atoms with E-state index in [-0.39, 0.29) is 38.1 Å². The highest BCUT2D eigenvalue weighted by Gasteiger charge is 2.34. The van der Waals surface area contributed by atoms with Crippen molar-refractivity contribution in [3.05, 3.63) is 52.6 Å². The number of carbonyl (C=O) groups excluding carboxylic acids is 3. The number of aryl methyl sites for hydroxylation is 4. The van der Waals surface area contributed by atoms with Crippen LogP contribution in [0.1, 0.15) is 29.2 Å². The molecule has 0 N–H and O–H groups in total. The van der Waals surface area contributed by atoms with Gasteiger partial charge in [0.05, 0.1) is 18.0 Å². The van der Waals surface area contributed by atoms with Gasteiger partial charge in [-0.05, 0) is 75.1 Å². The van der Waals surface area contributed by atoms with Crippen molar-refractivity contribution in [2.24, 2.45) is 0 Å². The second-order valence-corrected chi connectivity index (χ2v) is 7.75. The van der Waals surface area contributed by atoms with Crippen LogP contribution in [0.3, 0.4) is 0 Å². The summed E-state index contributed by atoms with van der Waals surface area (Å²) in [4.78, 5) is 40.8. The molecule has 0 fully saturated rings. The zero-order valence-corrected chi connectivity index (χ0v) is 18.7. The fourth-order valence-electron chi connectivity index (χ4n) is 3.47. The molecule has 1 aliphatic heterocycles. The van der Waals surface area contributed by atoms with Gasteiger partial charge in [0, 0.05) is 0 Å². The fourth-order valence-corrected chi connectivity index (χ4v) is 3.47. The van der Waals surface area contributed by atoms with Crippen LogP contribution in [0.25, 0.3) is 0 Å². The minimum atomic E-state index is -0.488. The summed E-state index contributed by atoms with van der Waals surface area (Å²) in [5, 5.41) is 0. The van der Waals surface area contributed by atoms with Crippen LogP contribution < -0.4 is 14.5 Å². The Morgan fingerprint density at radius 1 is 0.968 bits per heavy atom. The minimum Gasteiger partial charge on any atom is -0.483 e. The molecule has 0 saturated heterocycles. The molecule has 31 heavy (non-hydrogen) atoms. The molecule has 0 saturated carbocycles. The second kappa shape index (κ2) is 9.20. The van der Waals surface area contributed by atoms with Crippen LogP contribution >= 0.6 is 0 Å². The summed E-state index contributed by atoms with van der Waals surface area (Å²) in [5.41, 5.74) is 5.01. The zero-order chi connectivity index (χ0) is 22.7. The highest BCUT2D eigenvalue weighted by Crippen LogP contribution is 2.36. The van der Waals surface area contributed by atoms with Gasteiger partial charge in [0.1, 0.15) is 18.8 Å². The Morgan fingerprint density at radius 3 is 2.32 bits per heavy atom. The number of carbonyl (C=O) groups is 3. The molecule has 0 aliphatic carbocycles. The zero-order valence-electron chi connectivity index (χ0n) is 18.7. The van der Waals surface area contributed by atoms with Crippen molar-refractivity contribution < 1.29 is 23.9 Å². The van der Waals surface area contributed by atoms with E-state index in [1.54, 1.807) is 6.92 Å². The summed E-state index contributed by atoms with van der Waals surface area (Å²) in [6, 6.07) is 9.49. The molecule has 0 unspecified atom stereocenters. The average Bonchev–Trinajstić information content (AvgIpc) is 2.72. The molecule has 0 bridgehead atoms. The Kier molecular flexibility index (Phi) is 6.63. The summed E-state index contributed by atoms with van der Waals surface area (Å²) >= 11 is 0. The van der Waals surface area contributed by atoms with Crippen LogP contribution in [0.15, 0.2) is 30.3 Å². The predicted molar refractivity (Wildman–Crippen MR) is 119 cm³/mol. The Bertz CT molecular complexity index is 1030. The number of ether oxygens (including phenoxy) is 2. The number of fused-ring (bicyclic) bond motifs is 1. The topological polar surface area (TPSA) is 76.2 Å². The maximum atomic E-state index is 13.0. The molecule has 7 heteroatoms. The number of hydrogen-bond donors (Lipinski definition) is 0. The third-order valence-corrected chi connectivity index (χ3v) is 5.36. The van der Waals surface area contributed by atoms with E-state index < -0.39 is 5.97 Å². The van der Waals surface area contributed by atoms with E-state index in [0.29, 0.717) is 17.1 Å². The lowest BCUT2D eigenvalue weighted by Crippen LogP contribution is -2.51. The van der Waals surface area contributed by atoms with Gasteiger partial charge in [0.25, 0.3) is 5.91 Å². The predicted octanol–water partition coefficient (Wildman–Crippen LogP) is 3.24. The molecule has 2 amide bonds. The van der Waals surface area contributed by atoms with Crippen molar-refractivity contribution in [3.8, 4) is 5.75 Å². The Hall–Kier alpha value is -3.35. The molecule has 164 valence electrons. The van der Waals surface area contributed by atoms with E-state index >= 15 is 0 Å². The second-order valence-electron chi connectivity index (χ2n) is 7.75. The quantitative estimate of drug-likeness (QED) is 0.666. The van der Waals surface area contributed by atoms with E-state index in [4.69, 9.17) is 9.47 Å². The number of benzene rings is 2. The van der Waals surface area contributed by atoms with E-state index in [2.05, 4.69) is 0 Å². The van der Waals surface area contributed by atoms with Crippen LogP contribution in [-0.4, -0.2) is 44.1 Å². The molecule has 2 aromatic rings. The van der Waals surface area contributed by atoms with Gasteiger partial charge >= 0.3 is 5.97 Å². The van der Waals surface area contributed by atoms with Gasteiger partial charge in [0.15, 0.2) is 6.61 Å². The Morgan fingerprint density at radius 2 is 1.65 bits per heavy atom. The van der Waals surface area contributed by atoms with Gasteiger partial charge < -0.3 is 9.47 Å². The molecule has 0 aromatic heterocycles. The Balaban J connectivity index is 1.88. The van der Waals surface area contributed by atoms with E-state index in [9.17, 15) is 14.4 Å². The van der Waals surface area contributed by atoms with Crippen molar-refractivity contribution in [3.63, 3.8) is 0 Å². The molecule has 1 aliphatic rings. The van der Waals surface area contributed by atoms with Crippen LogP contribution in [0.2, 0.25) is 0 Å². The van der Waals surface area contributed by atoms with Crippen LogP contribution in [0, 0.1) is 27.7 Å². The lowest BCUT2D eigenvalue weighted by atomic mass is 10.0. The van der Waals surface area contributed by atoms with Crippen LogP contribution in [-0.2, 0) is 19.1 Å². The number of rotatable bonds is 6. The summed E-state index contributed by atoms with van der Waals surface area (Å²) in [6.45, 7) is 9.14. The minimum absolute atomic E-state index is 0.163. The molecule has 0 radical (unpaired) electrons. The monoisotopic (exact) mass is 424 g/mol. The van der Waals surface area contributed by atoms with Crippen molar-refractivity contribution >= 4 is 29.2 Å². The third-order valence-electron chi connectivity index (χ3n) is 5.36. The molecule has 7 nitrogen and oxygen atoms in total. The van der Waals surface area contributed by atoms with Crippen molar-refractivity contribution in [2.75, 3.05) is 36.1 Å². The highest BCUT2D eigenvalue weighted by atomic mass is 16.5. The van der Waals surface area contributed by atoms with E-state index in [0.717, 1.165) is 22.3 Å². The number of anilines is 2. The highest BCUT2D eigenvalue weighted by molar-refractivity contribution is 6.13. The van der Waals surface area contributed by atoms with Crippen molar-refractivity contribution in [1.82, 2.24) is 0 Å². The van der Waals surface area contributed by atoms with Gasteiger partial charge in [-0.1, -0.05) is 12.1 Å². The first kappa shape index (κ1) is 22.3. The molecule has 0 spiro atoms. The number of esters is 1. The van der Waals surface area contributed by atoms with E-state index in [1.165, 1.54) is 9.80 Å².